The number of nitrogens with one attached hydrogen (secondary N) is 1. The van der Waals surface area contributed by atoms with Crippen molar-refractivity contribution in [1.82, 2.24) is 10.2 Å². The molecule has 2 N–H and O–H groups in total. The number of hydrogen-bond donors (Lipinski definition) is 2. The molecule has 0 saturated carbocycles. The monoisotopic (exact) mass is 328 g/mol. The first-order chi connectivity index (χ1) is 10.6. The van der Waals surface area contributed by atoms with Crippen molar-refractivity contribution < 1.29 is 14.6 Å². The quantitative estimate of drug-likeness (QED) is 0.754. The van der Waals surface area contributed by atoms with Gasteiger partial charge in [-0.05, 0) is 51.4 Å². The predicted octanol–water partition coefficient (Wildman–Crippen LogP) is 3.02. The van der Waals surface area contributed by atoms with E-state index in [1.54, 1.807) is 0 Å². The maximum absolute atomic E-state index is 12.2. The van der Waals surface area contributed by atoms with Crippen molar-refractivity contribution in [2.75, 3.05) is 26.2 Å². The highest BCUT2D eigenvalue weighted by atomic mass is 16.6. The number of amides is 1. The Morgan fingerprint density at radius 3 is 2.52 bits per heavy atom. The van der Waals surface area contributed by atoms with E-state index in [9.17, 15) is 4.79 Å². The first kappa shape index (κ1) is 20.2. The van der Waals surface area contributed by atoms with Crippen molar-refractivity contribution in [3.05, 3.63) is 0 Å². The minimum atomic E-state index is -0.439. The van der Waals surface area contributed by atoms with Crippen LogP contribution in [0.3, 0.4) is 0 Å². The second kappa shape index (κ2) is 8.34. The van der Waals surface area contributed by atoms with E-state index in [0.29, 0.717) is 12.0 Å². The summed E-state index contributed by atoms with van der Waals surface area (Å²) in [7, 11) is 0. The fourth-order valence-corrected chi connectivity index (χ4v) is 3.05. The molecule has 0 aromatic rings. The number of carbonyl (C=O) groups excluding carboxylic acids is 1. The highest BCUT2D eigenvalue weighted by Gasteiger charge is 2.33. The van der Waals surface area contributed by atoms with Gasteiger partial charge in [0.05, 0.1) is 0 Å². The molecule has 1 fully saturated rings. The summed E-state index contributed by atoms with van der Waals surface area (Å²) in [5.41, 5.74) is -0.350. The number of carbonyl (C=O) groups is 1. The van der Waals surface area contributed by atoms with Crippen molar-refractivity contribution in [3.63, 3.8) is 0 Å². The molecule has 0 spiro atoms. The number of hydrogen-bond acceptors (Lipinski definition) is 4. The zero-order valence-electron chi connectivity index (χ0n) is 15.8. The summed E-state index contributed by atoms with van der Waals surface area (Å²) in [5.74, 6) is 0.470. The lowest BCUT2D eigenvalue weighted by atomic mass is 9.88. The average Bonchev–Trinajstić information content (AvgIpc) is 2.87. The summed E-state index contributed by atoms with van der Waals surface area (Å²) < 4.78 is 5.47. The molecule has 2 atom stereocenters. The van der Waals surface area contributed by atoms with Crippen LogP contribution < -0.4 is 5.32 Å². The third-order valence-electron chi connectivity index (χ3n) is 4.52. The van der Waals surface area contributed by atoms with Gasteiger partial charge >= 0.3 is 6.09 Å². The van der Waals surface area contributed by atoms with Gasteiger partial charge in [0.1, 0.15) is 5.60 Å². The van der Waals surface area contributed by atoms with Crippen LogP contribution in [-0.2, 0) is 4.74 Å². The standard InChI is InChI=1S/C18H36N2O3/c1-7-15(19-13-18(5,6)9-11-21)14-8-10-20(12-14)16(22)23-17(2,3)4/h14-15,19,21H,7-13H2,1-6H3. The fourth-order valence-electron chi connectivity index (χ4n) is 3.05. The Kier molecular flexibility index (Phi) is 7.33. The highest BCUT2D eigenvalue weighted by molar-refractivity contribution is 5.68. The van der Waals surface area contributed by atoms with Crippen LogP contribution in [0.5, 0.6) is 0 Å². The summed E-state index contributed by atoms with van der Waals surface area (Å²) in [6.45, 7) is 14.9. The topological polar surface area (TPSA) is 61.8 Å². The molecule has 0 radical (unpaired) electrons. The third kappa shape index (κ3) is 7.08. The molecule has 0 aliphatic carbocycles. The van der Waals surface area contributed by atoms with Crippen LogP contribution in [0.15, 0.2) is 0 Å². The van der Waals surface area contributed by atoms with Gasteiger partial charge in [-0.15, -0.1) is 0 Å². The molecule has 0 bridgehead atoms. The Balaban J connectivity index is 2.50. The first-order valence-electron chi connectivity index (χ1n) is 8.90. The van der Waals surface area contributed by atoms with Crippen molar-refractivity contribution in [2.45, 2.75) is 72.4 Å². The van der Waals surface area contributed by atoms with Crippen molar-refractivity contribution in [1.29, 1.82) is 0 Å². The van der Waals surface area contributed by atoms with Gasteiger partial charge in [0.2, 0.25) is 0 Å². The van der Waals surface area contributed by atoms with Crippen molar-refractivity contribution in [2.24, 2.45) is 11.3 Å². The summed E-state index contributed by atoms with van der Waals surface area (Å²) in [6.07, 6.45) is 2.66. The van der Waals surface area contributed by atoms with Gasteiger partial charge < -0.3 is 20.1 Å². The van der Waals surface area contributed by atoms with Gasteiger partial charge in [-0.2, -0.15) is 0 Å². The number of nitrogens with zero attached hydrogens (tertiary/aromatic N) is 1. The second-order valence-electron chi connectivity index (χ2n) is 8.51. The molecule has 136 valence electrons. The highest BCUT2D eigenvalue weighted by Crippen LogP contribution is 2.25. The van der Waals surface area contributed by atoms with E-state index in [0.717, 1.165) is 38.9 Å². The smallest absolute Gasteiger partial charge is 0.410 e. The van der Waals surface area contributed by atoms with Crippen LogP contribution in [0.1, 0.15) is 60.8 Å². The summed E-state index contributed by atoms with van der Waals surface area (Å²) in [4.78, 5) is 14.0. The first-order valence-corrected chi connectivity index (χ1v) is 8.90. The van der Waals surface area contributed by atoms with Gasteiger partial charge in [-0.3, -0.25) is 0 Å². The van der Waals surface area contributed by atoms with E-state index < -0.39 is 5.60 Å². The van der Waals surface area contributed by atoms with E-state index in [2.05, 4.69) is 26.1 Å². The van der Waals surface area contributed by atoms with Crippen LogP contribution in [0.2, 0.25) is 0 Å². The summed E-state index contributed by atoms with van der Waals surface area (Å²) in [5, 5.41) is 12.8. The van der Waals surface area contributed by atoms with E-state index in [1.807, 2.05) is 25.7 Å². The average molecular weight is 328 g/mol. The molecule has 23 heavy (non-hydrogen) atoms. The number of aliphatic hydroxyl groups excluding tert-OH is 1. The number of rotatable bonds is 7. The Morgan fingerprint density at radius 2 is 2.00 bits per heavy atom. The lowest BCUT2D eigenvalue weighted by Gasteiger charge is -2.30. The molecule has 1 aliphatic rings. The maximum atomic E-state index is 12.2. The van der Waals surface area contributed by atoms with Gasteiger partial charge in [-0.25, -0.2) is 4.79 Å². The zero-order chi connectivity index (χ0) is 17.7. The van der Waals surface area contributed by atoms with Crippen molar-refractivity contribution in [3.8, 4) is 0 Å². The molecule has 5 heteroatoms. The third-order valence-corrected chi connectivity index (χ3v) is 4.52. The minimum Gasteiger partial charge on any atom is -0.444 e. The number of likely N-dealkylation sites (tertiary alicyclic amines) is 1. The molecule has 5 nitrogen and oxygen atoms in total. The second-order valence-corrected chi connectivity index (χ2v) is 8.51. The molecule has 1 amide bonds. The van der Waals surface area contributed by atoms with Gasteiger partial charge in [0.25, 0.3) is 0 Å². The number of aliphatic hydroxyl groups is 1. The van der Waals surface area contributed by atoms with E-state index in [1.165, 1.54) is 0 Å². The lowest BCUT2D eigenvalue weighted by molar-refractivity contribution is 0.0284. The molecule has 0 aromatic heterocycles. The molecule has 1 saturated heterocycles. The van der Waals surface area contributed by atoms with Crippen molar-refractivity contribution >= 4 is 6.09 Å². The predicted molar refractivity (Wildman–Crippen MR) is 93.5 cm³/mol. The molecule has 2 unspecified atom stereocenters. The van der Waals surface area contributed by atoms with E-state index in [4.69, 9.17) is 9.84 Å². The Morgan fingerprint density at radius 1 is 1.35 bits per heavy atom. The fraction of sp³-hybridized carbons (Fsp3) is 0.944. The molecular weight excluding hydrogens is 292 g/mol. The maximum Gasteiger partial charge on any atom is 0.410 e. The molecular formula is C18H36N2O3. The van der Waals surface area contributed by atoms with Gasteiger partial charge in [0.15, 0.2) is 0 Å². The molecule has 1 rings (SSSR count). The van der Waals surface area contributed by atoms with Crippen LogP contribution in [0, 0.1) is 11.3 Å². The number of ether oxygens (including phenoxy) is 1. The van der Waals surface area contributed by atoms with Gasteiger partial charge in [0, 0.05) is 32.3 Å². The Bertz CT molecular complexity index is 377. The SMILES string of the molecule is CCC(NCC(C)(C)CCO)C1CCN(C(=O)OC(C)(C)C)C1. The Hall–Kier alpha value is -0.810. The molecule has 1 heterocycles. The minimum absolute atomic E-state index is 0.0889. The molecule has 0 aromatic carbocycles. The molecule has 1 aliphatic heterocycles. The lowest BCUT2D eigenvalue weighted by Crippen LogP contribution is -2.43. The van der Waals surface area contributed by atoms with Crippen LogP contribution in [-0.4, -0.2) is 54.0 Å². The van der Waals surface area contributed by atoms with Crippen LogP contribution in [0.25, 0.3) is 0 Å². The van der Waals surface area contributed by atoms with E-state index >= 15 is 0 Å². The largest absolute Gasteiger partial charge is 0.444 e. The Labute approximate surface area is 141 Å². The summed E-state index contributed by atoms with van der Waals surface area (Å²) >= 11 is 0. The normalized spacial score (nSPS) is 20.7. The van der Waals surface area contributed by atoms with Gasteiger partial charge in [-0.1, -0.05) is 20.8 Å². The zero-order valence-corrected chi connectivity index (χ0v) is 15.8. The van der Waals surface area contributed by atoms with Crippen LogP contribution in [0.4, 0.5) is 4.79 Å². The summed E-state index contributed by atoms with van der Waals surface area (Å²) in [6, 6.07) is 0.403. The van der Waals surface area contributed by atoms with E-state index in [-0.39, 0.29) is 18.1 Å². The van der Waals surface area contributed by atoms with Crippen LogP contribution >= 0.6 is 0 Å².